The van der Waals surface area contributed by atoms with Crippen molar-refractivity contribution in [1.29, 1.82) is 0 Å². The van der Waals surface area contributed by atoms with Gasteiger partial charge in [-0.2, -0.15) is 0 Å². The van der Waals surface area contributed by atoms with Crippen LogP contribution in [-0.2, 0) is 5.41 Å². The summed E-state index contributed by atoms with van der Waals surface area (Å²) in [5, 5.41) is 10.6. The van der Waals surface area contributed by atoms with Crippen LogP contribution in [0.3, 0.4) is 0 Å². The van der Waals surface area contributed by atoms with Crippen molar-refractivity contribution in [2.75, 3.05) is 0 Å². The van der Waals surface area contributed by atoms with E-state index >= 15 is 0 Å². The Morgan fingerprint density at radius 2 is 0.959 bits per heavy atom. The molecule has 2 aliphatic rings. The molecule has 0 nitrogen and oxygen atoms in total. The molecule has 0 N–H and O–H groups in total. The Morgan fingerprint density at radius 1 is 0.347 bits per heavy atom. The van der Waals surface area contributed by atoms with Crippen LogP contribution >= 0.6 is 0 Å². The van der Waals surface area contributed by atoms with Gasteiger partial charge in [0.05, 0.1) is 0 Å². The molecule has 0 unspecified atom stereocenters. The maximum Gasteiger partial charge on any atom is 0.0165 e. The van der Waals surface area contributed by atoms with Crippen LogP contribution in [0.15, 0.2) is 158 Å². The molecule has 0 saturated carbocycles. The lowest BCUT2D eigenvalue weighted by Gasteiger charge is -2.24. The molecular formula is C49H32. The lowest BCUT2D eigenvalue weighted by atomic mass is 9.78. The number of fused-ring (bicyclic) bond motifs is 12. The van der Waals surface area contributed by atoms with Gasteiger partial charge in [0.25, 0.3) is 0 Å². The van der Waals surface area contributed by atoms with E-state index in [9.17, 15) is 0 Å². The summed E-state index contributed by atoms with van der Waals surface area (Å²) in [4.78, 5) is 0. The predicted octanol–water partition coefficient (Wildman–Crippen LogP) is 13.6. The Bertz CT molecular complexity index is 2870. The van der Waals surface area contributed by atoms with Crippen LogP contribution in [-0.4, -0.2) is 0 Å². The molecular weight excluding hydrogens is 589 g/mol. The first-order valence-corrected chi connectivity index (χ1v) is 17.4. The van der Waals surface area contributed by atoms with Crippen LogP contribution in [0.1, 0.15) is 25.0 Å². The normalized spacial score (nSPS) is 13.7. The fraction of sp³-hybridized carbons (Fsp3) is 0.0612. The summed E-state index contributed by atoms with van der Waals surface area (Å²) >= 11 is 0. The third-order valence-electron chi connectivity index (χ3n) is 11.5. The molecule has 228 valence electrons. The van der Waals surface area contributed by atoms with Crippen LogP contribution in [0.2, 0.25) is 0 Å². The second-order valence-electron chi connectivity index (χ2n) is 14.4. The third-order valence-corrected chi connectivity index (χ3v) is 11.5. The van der Waals surface area contributed by atoms with E-state index in [0.29, 0.717) is 0 Å². The highest BCUT2D eigenvalue weighted by atomic mass is 14.4. The monoisotopic (exact) mass is 620 g/mol. The molecule has 2 aliphatic carbocycles. The zero-order valence-corrected chi connectivity index (χ0v) is 27.5. The third kappa shape index (κ3) is 3.58. The molecule has 9 aromatic carbocycles. The largest absolute Gasteiger partial charge is 0.0616 e. The molecule has 0 radical (unpaired) electrons. The minimum absolute atomic E-state index is 0.117. The van der Waals surface area contributed by atoms with E-state index in [1.807, 2.05) is 0 Å². The topological polar surface area (TPSA) is 0 Å². The van der Waals surface area contributed by atoms with Crippen molar-refractivity contribution in [3.05, 3.63) is 169 Å². The summed E-state index contributed by atoms with van der Waals surface area (Å²) in [5.41, 5.74) is 15.9. The minimum Gasteiger partial charge on any atom is -0.0616 e. The number of hydrogen-bond acceptors (Lipinski definition) is 0. The standard InChI is InChI=1S/C49H32/c1-49(2)45-28-31-12-4-3-11-30(31)27-44(45)47-40-18-8-7-17-37(40)43-26-32(21-22-42(43)48(47)49)29-13-9-14-33(25-29)34-23-24-41-36-16-6-5-15-35(36)39-20-10-19-38(34)46(39)41/h3-28H,1-2H3. The second kappa shape index (κ2) is 9.56. The zero-order valence-electron chi connectivity index (χ0n) is 27.5. The molecule has 0 atom stereocenters. The van der Waals surface area contributed by atoms with Gasteiger partial charge in [-0.3, -0.25) is 0 Å². The molecule has 0 fully saturated rings. The van der Waals surface area contributed by atoms with Gasteiger partial charge in [0.15, 0.2) is 0 Å². The average Bonchev–Trinajstić information content (AvgIpc) is 3.60. The van der Waals surface area contributed by atoms with Gasteiger partial charge in [-0.1, -0.05) is 147 Å². The number of benzene rings is 9. The smallest absolute Gasteiger partial charge is 0.0165 e. The molecule has 0 heteroatoms. The van der Waals surface area contributed by atoms with E-state index in [0.717, 1.165) is 0 Å². The lowest BCUT2D eigenvalue weighted by molar-refractivity contribution is 0.667. The van der Waals surface area contributed by atoms with Crippen molar-refractivity contribution in [2.24, 2.45) is 0 Å². The van der Waals surface area contributed by atoms with Crippen LogP contribution in [0, 0.1) is 0 Å². The van der Waals surface area contributed by atoms with Gasteiger partial charge in [-0.25, -0.2) is 0 Å². The van der Waals surface area contributed by atoms with Crippen molar-refractivity contribution in [2.45, 2.75) is 19.3 Å². The quantitative estimate of drug-likeness (QED) is 0.169. The van der Waals surface area contributed by atoms with E-state index in [4.69, 9.17) is 0 Å². The molecule has 49 heavy (non-hydrogen) atoms. The van der Waals surface area contributed by atoms with Crippen LogP contribution < -0.4 is 0 Å². The van der Waals surface area contributed by atoms with Gasteiger partial charge >= 0.3 is 0 Å². The van der Waals surface area contributed by atoms with E-state index < -0.39 is 0 Å². The van der Waals surface area contributed by atoms with Crippen LogP contribution in [0.4, 0.5) is 0 Å². The summed E-state index contributed by atoms with van der Waals surface area (Å²) in [7, 11) is 0. The molecule has 0 saturated heterocycles. The van der Waals surface area contributed by atoms with Gasteiger partial charge < -0.3 is 0 Å². The maximum atomic E-state index is 2.44. The van der Waals surface area contributed by atoms with Crippen molar-refractivity contribution >= 4 is 43.1 Å². The Morgan fingerprint density at radius 3 is 1.80 bits per heavy atom. The van der Waals surface area contributed by atoms with Crippen LogP contribution in [0.5, 0.6) is 0 Å². The Balaban J connectivity index is 1.10. The van der Waals surface area contributed by atoms with E-state index in [2.05, 4.69) is 172 Å². The molecule has 0 heterocycles. The highest BCUT2D eigenvalue weighted by Gasteiger charge is 2.38. The summed E-state index contributed by atoms with van der Waals surface area (Å²) in [5.74, 6) is 0. The molecule has 9 aromatic rings. The summed E-state index contributed by atoms with van der Waals surface area (Å²) in [6.07, 6.45) is 0. The lowest BCUT2D eigenvalue weighted by Crippen LogP contribution is -2.15. The molecule has 11 rings (SSSR count). The van der Waals surface area contributed by atoms with Crippen molar-refractivity contribution in [1.82, 2.24) is 0 Å². The van der Waals surface area contributed by atoms with Crippen molar-refractivity contribution in [3.63, 3.8) is 0 Å². The Hall–Kier alpha value is -5.98. The van der Waals surface area contributed by atoms with E-state index in [1.54, 1.807) is 0 Å². The molecule has 0 aliphatic heterocycles. The Labute approximate surface area is 285 Å². The first-order chi connectivity index (χ1) is 24.1. The summed E-state index contributed by atoms with van der Waals surface area (Å²) in [6, 6.07) is 59.2. The van der Waals surface area contributed by atoms with Crippen molar-refractivity contribution < 1.29 is 0 Å². The maximum absolute atomic E-state index is 2.44. The summed E-state index contributed by atoms with van der Waals surface area (Å²) < 4.78 is 0. The van der Waals surface area contributed by atoms with E-state index in [-0.39, 0.29) is 5.41 Å². The fourth-order valence-electron chi connectivity index (χ4n) is 9.32. The first kappa shape index (κ1) is 27.0. The highest BCUT2D eigenvalue weighted by molar-refractivity contribution is 6.20. The zero-order chi connectivity index (χ0) is 32.4. The van der Waals surface area contributed by atoms with Gasteiger partial charge in [-0.15, -0.1) is 0 Å². The van der Waals surface area contributed by atoms with E-state index in [1.165, 1.54) is 110 Å². The molecule has 0 bridgehead atoms. The van der Waals surface area contributed by atoms with Crippen molar-refractivity contribution in [3.8, 4) is 55.6 Å². The van der Waals surface area contributed by atoms with Gasteiger partial charge in [-0.05, 0) is 134 Å². The van der Waals surface area contributed by atoms with Crippen LogP contribution in [0.25, 0.3) is 98.7 Å². The second-order valence-corrected chi connectivity index (χ2v) is 14.4. The number of hydrogen-bond donors (Lipinski definition) is 0. The molecule has 0 amide bonds. The minimum atomic E-state index is -0.117. The SMILES string of the molecule is CC1(C)c2cc3ccccc3cc2-c2c1c1ccc(-c3cccc(-c4ccc5c6c(cccc46)-c4ccccc4-5)c3)cc1c1ccccc21. The fourth-order valence-corrected chi connectivity index (χ4v) is 9.32. The Kier molecular flexibility index (Phi) is 5.27. The van der Waals surface area contributed by atoms with Gasteiger partial charge in [0, 0.05) is 5.41 Å². The first-order valence-electron chi connectivity index (χ1n) is 17.4. The molecule has 0 aromatic heterocycles. The number of rotatable bonds is 2. The van der Waals surface area contributed by atoms with Gasteiger partial charge in [0.1, 0.15) is 0 Å². The average molecular weight is 621 g/mol. The van der Waals surface area contributed by atoms with Gasteiger partial charge in [0.2, 0.25) is 0 Å². The summed E-state index contributed by atoms with van der Waals surface area (Å²) in [6.45, 7) is 4.82. The molecule has 0 spiro atoms. The highest BCUT2D eigenvalue weighted by Crippen LogP contribution is 2.56. The predicted molar refractivity (Wildman–Crippen MR) is 209 cm³/mol.